The summed E-state index contributed by atoms with van der Waals surface area (Å²) in [5.41, 5.74) is 0.806. The molecule has 3 atom stereocenters. The Morgan fingerprint density at radius 2 is 1.56 bits per heavy atom. The predicted molar refractivity (Wildman–Crippen MR) is 136 cm³/mol. The Morgan fingerprint density at radius 1 is 0.944 bits per heavy atom. The Hall–Kier alpha value is -3.02. The van der Waals surface area contributed by atoms with Crippen LogP contribution in [0.15, 0.2) is 47.4 Å². The third kappa shape index (κ3) is 7.02. The van der Waals surface area contributed by atoms with Crippen LogP contribution in [-0.4, -0.2) is 50.5 Å². The zero-order valence-electron chi connectivity index (χ0n) is 21.5. The lowest BCUT2D eigenvalue weighted by molar-refractivity contribution is -0.139. The molecule has 0 aliphatic rings. The number of hydrogen-bond acceptors (Lipinski definition) is 6. The molecule has 5 N–H and O–H groups in total. The van der Waals surface area contributed by atoms with Crippen molar-refractivity contribution in [3.05, 3.63) is 42.5 Å². The molecule has 3 amide bonds. The van der Waals surface area contributed by atoms with Crippen LogP contribution in [-0.2, 0) is 24.4 Å². The molecule has 2 aromatic rings. The molecule has 0 heterocycles. The van der Waals surface area contributed by atoms with Crippen molar-refractivity contribution in [2.24, 2.45) is 17.3 Å². The minimum atomic E-state index is -4.31. The normalized spacial score (nSPS) is 14.7. The average molecular weight is 521 g/mol. The summed E-state index contributed by atoms with van der Waals surface area (Å²) in [4.78, 5) is 38.6. The van der Waals surface area contributed by atoms with Gasteiger partial charge in [0.05, 0.1) is 10.8 Å². The van der Waals surface area contributed by atoms with Crippen LogP contribution in [0.2, 0.25) is 0 Å². The first-order valence-electron chi connectivity index (χ1n) is 11.7. The van der Waals surface area contributed by atoms with Gasteiger partial charge in [-0.1, -0.05) is 71.0 Å². The molecule has 0 bridgehead atoms. The predicted octanol–water partition coefficient (Wildman–Crippen LogP) is 1.93. The summed E-state index contributed by atoms with van der Waals surface area (Å²) in [6.45, 7) is 8.93. The van der Waals surface area contributed by atoms with Gasteiger partial charge in [-0.15, -0.1) is 0 Å². The largest absolute Gasteiger partial charge is 0.357 e. The van der Waals surface area contributed by atoms with Crippen LogP contribution in [0.3, 0.4) is 0 Å². The smallest absolute Gasteiger partial charge is 0.262 e. The Labute approximate surface area is 212 Å². The van der Waals surface area contributed by atoms with E-state index >= 15 is 0 Å². The van der Waals surface area contributed by atoms with Crippen molar-refractivity contribution < 1.29 is 28.0 Å². The minimum Gasteiger partial charge on any atom is -0.357 e. The fraction of sp³-hybridized carbons (Fsp3) is 0.480. The standard InChI is InChI=1S/C25H36N4O6S/c1-15(2)14-18(22(30)27-21(24(32)26-6)25(3,4)5)20(23(31)28-33)29-36(34,35)19-13-9-11-16-10-7-8-12-17(16)19/h7-13,15,18,20-21,29,33H,14H2,1-6H3,(H,26,32)(H,27,30)(H,28,31)/t18-,20+,21-/m1/s1. The second-order valence-electron chi connectivity index (χ2n) is 10.2. The van der Waals surface area contributed by atoms with Gasteiger partial charge >= 0.3 is 0 Å². The third-order valence-corrected chi connectivity index (χ3v) is 7.34. The molecule has 0 aliphatic carbocycles. The van der Waals surface area contributed by atoms with Crippen LogP contribution in [0.4, 0.5) is 0 Å². The third-order valence-electron chi connectivity index (χ3n) is 5.84. The number of rotatable bonds is 10. The lowest BCUT2D eigenvalue weighted by atomic mass is 9.84. The lowest BCUT2D eigenvalue weighted by Gasteiger charge is -2.33. The Morgan fingerprint density at radius 3 is 2.11 bits per heavy atom. The summed E-state index contributed by atoms with van der Waals surface area (Å²) in [5.74, 6) is -3.56. The fourth-order valence-corrected chi connectivity index (χ4v) is 5.49. The van der Waals surface area contributed by atoms with Crippen LogP contribution < -0.4 is 20.8 Å². The van der Waals surface area contributed by atoms with E-state index in [4.69, 9.17) is 0 Å². The van der Waals surface area contributed by atoms with Gasteiger partial charge in [-0.05, 0) is 29.2 Å². The van der Waals surface area contributed by atoms with Crippen LogP contribution >= 0.6 is 0 Å². The van der Waals surface area contributed by atoms with Crippen molar-refractivity contribution >= 4 is 38.5 Å². The van der Waals surface area contributed by atoms with Crippen LogP contribution in [0, 0.1) is 17.3 Å². The van der Waals surface area contributed by atoms with E-state index in [0.29, 0.717) is 10.8 Å². The maximum Gasteiger partial charge on any atom is 0.262 e. The average Bonchev–Trinajstić information content (AvgIpc) is 2.82. The van der Waals surface area contributed by atoms with Crippen LogP contribution in [0.5, 0.6) is 0 Å². The van der Waals surface area contributed by atoms with E-state index in [2.05, 4.69) is 15.4 Å². The van der Waals surface area contributed by atoms with Gasteiger partial charge in [-0.25, -0.2) is 13.9 Å². The number of hydroxylamine groups is 1. The van der Waals surface area contributed by atoms with Crippen LogP contribution in [0.25, 0.3) is 10.8 Å². The molecule has 0 saturated carbocycles. The summed E-state index contributed by atoms with van der Waals surface area (Å²) in [6.07, 6.45) is 0.104. The van der Waals surface area contributed by atoms with E-state index in [9.17, 15) is 28.0 Å². The van der Waals surface area contributed by atoms with Gasteiger partial charge in [0.2, 0.25) is 21.8 Å². The van der Waals surface area contributed by atoms with Gasteiger partial charge < -0.3 is 10.6 Å². The highest BCUT2D eigenvalue weighted by Gasteiger charge is 2.41. The summed E-state index contributed by atoms with van der Waals surface area (Å²) < 4.78 is 29.2. The Balaban J connectivity index is 2.52. The number of sulfonamides is 1. The molecule has 0 unspecified atom stereocenters. The number of carbonyl (C=O) groups excluding carboxylic acids is 3. The molecular weight excluding hydrogens is 484 g/mol. The molecule has 0 fully saturated rings. The number of likely N-dealkylation sites (N-methyl/N-ethyl adjacent to an activating group) is 1. The van der Waals surface area contributed by atoms with Gasteiger partial charge in [-0.3, -0.25) is 19.6 Å². The van der Waals surface area contributed by atoms with Crippen LogP contribution in [0.1, 0.15) is 41.0 Å². The molecule has 0 radical (unpaired) electrons. The highest BCUT2D eigenvalue weighted by molar-refractivity contribution is 7.89. The molecule has 10 nitrogen and oxygen atoms in total. The number of nitrogens with one attached hydrogen (secondary N) is 4. The monoisotopic (exact) mass is 520 g/mol. The molecule has 0 aliphatic heterocycles. The first-order chi connectivity index (χ1) is 16.7. The zero-order valence-corrected chi connectivity index (χ0v) is 22.3. The van der Waals surface area contributed by atoms with E-state index in [0.717, 1.165) is 0 Å². The Kier molecular flexibility index (Phi) is 9.58. The Bertz CT molecular complexity index is 1200. The van der Waals surface area contributed by atoms with Crippen molar-refractivity contribution in [2.75, 3.05) is 7.05 Å². The first kappa shape index (κ1) is 29.2. The van der Waals surface area contributed by atoms with Gasteiger partial charge in [0.1, 0.15) is 12.1 Å². The fourth-order valence-electron chi connectivity index (χ4n) is 4.02. The molecule has 2 aromatic carbocycles. The van der Waals surface area contributed by atoms with E-state index in [1.165, 1.54) is 18.6 Å². The molecule has 0 spiro atoms. The van der Waals surface area contributed by atoms with Gasteiger partial charge in [-0.2, -0.15) is 4.72 Å². The van der Waals surface area contributed by atoms with Crippen molar-refractivity contribution in [1.29, 1.82) is 0 Å². The first-order valence-corrected chi connectivity index (χ1v) is 13.2. The maximum atomic E-state index is 13.5. The lowest BCUT2D eigenvalue weighted by Crippen LogP contribution is -2.59. The summed E-state index contributed by atoms with van der Waals surface area (Å²) >= 11 is 0. The van der Waals surface area contributed by atoms with E-state index in [-0.39, 0.29) is 17.2 Å². The second kappa shape index (κ2) is 11.8. The van der Waals surface area contributed by atoms with Crippen molar-refractivity contribution in [3.8, 4) is 0 Å². The molecule has 36 heavy (non-hydrogen) atoms. The van der Waals surface area contributed by atoms with Crippen molar-refractivity contribution in [2.45, 2.75) is 58.0 Å². The quantitative estimate of drug-likeness (QED) is 0.238. The highest BCUT2D eigenvalue weighted by Crippen LogP contribution is 2.26. The molecule has 11 heteroatoms. The van der Waals surface area contributed by atoms with E-state index in [1.54, 1.807) is 57.2 Å². The van der Waals surface area contributed by atoms with Gasteiger partial charge in [0.25, 0.3) is 5.91 Å². The number of hydrogen-bond donors (Lipinski definition) is 5. The number of fused-ring (bicyclic) bond motifs is 1. The highest BCUT2D eigenvalue weighted by atomic mass is 32.2. The van der Waals surface area contributed by atoms with E-state index < -0.39 is 51.2 Å². The number of amides is 3. The second-order valence-corrected chi connectivity index (χ2v) is 11.9. The summed E-state index contributed by atoms with van der Waals surface area (Å²) in [5, 5.41) is 15.7. The zero-order chi connectivity index (χ0) is 27.3. The number of carbonyl (C=O) groups is 3. The molecule has 0 saturated heterocycles. The topological polar surface area (TPSA) is 154 Å². The van der Waals surface area contributed by atoms with Crippen molar-refractivity contribution in [3.63, 3.8) is 0 Å². The molecular formula is C25H36N4O6S. The molecule has 198 valence electrons. The van der Waals surface area contributed by atoms with Gasteiger partial charge in [0.15, 0.2) is 0 Å². The molecule has 0 aromatic heterocycles. The molecule has 2 rings (SSSR count). The summed E-state index contributed by atoms with van der Waals surface area (Å²) in [7, 11) is -2.87. The van der Waals surface area contributed by atoms with Crippen molar-refractivity contribution in [1.82, 2.24) is 20.8 Å². The van der Waals surface area contributed by atoms with E-state index in [1.807, 2.05) is 13.8 Å². The SMILES string of the molecule is CNC(=O)[C@@H](NC(=O)[C@H](CC(C)C)[C@H](NS(=O)(=O)c1cccc2ccccc12)C(=O)NO)C(C)(C)C. The minimum absolute atomic E-state index is 0.0713. The maximum absolute atomic E-state index is 13.5. The number of benzene rings is 2. The van der Waals surface area contributed by atoms with Gasteiger partial charge in [0, 0.05) is 12.4 Å². The summed E-state index contributed by atoms with van der Waals surface area (Å²) in [6, 6.07) is 9.00.